The van der Waals surface area contributed by atoms with Crippen molar-refractivity contribution in [1.82, 2.24) is 9.78 Å². The predicted molar refractivity (Wildman–Crippen MR) is 65.8 cm³/mol. The van der Waals surface area contributed by atoms with Gasteiger partial charge in [0, 0.05) is 12.6 Å². The van der Waals surface area contributed by atoms with E-state index < -0.39 is 11.9 Å². The maximum Gasteiger partial charge on any atom is 0.269 e. The standard InChI is InChI=1S/C11H18N4O2/c1-3-5-13-8-6-10(16)15(14-7-8)9(4-2)11(12)17/h6-7,9,13H,3-5H2,1-2H3,(H2,12,17). The zero-order valence-electron chi connectivity index (χ0n) is 10.1. The van der Waals surface area contributed by atoms with Gasteiger partial charge in [0.1, 0.15) is 6.04 Å². The monoisotopic (exact) mass is 238 g/mol. The van der Waals surface area contributed by atoms with Gasteiger partial charge in [0.15, 0.2) is 0 Å². The molecule has 1 heterocycles. The highest BCUT2D eigenvalue weighted by atomic mass is 16.2. The Kier molecular flexibility index (Phi) is 4.68. The average molecular weight is 238 g/mol. The van der Waals surface area contributed by atoms with Crippen LogP contribution in [0, 0.1) is 0 Å². The number of rotatable bonds is 6. The lowest BCUT2D eigenvalue weighted by molar-refractivity contribution is -0.121. The Morgan fingerprint density at radius 3 is 2.76 bits per heavy atom. The van der Waals surface area contributed by atoms with E-state index in [1.54, 1.807) is 6.92 Å². The summed E-state index contributed by atoms with van der Waals surface area (Å²) >= 11 is 0. The van der Waals surface area contributed by atoms with Crippen molar-refractivity contribution in [1.29, 1.82) is 0 Å². The smallest absolute Gasteiger partial charge is 0.269 e. The highest BCUT2D eigenvalue weighted by Crippen LogP contribution is 2.07. The first-order valence-corrected chi connectivity index (χ1v) is 5.72. The Hall–Kier alpha value is -1.85. The second-order valence-corrected chi connectivity index (χ2v) is 3.78. The lowest BCUT2D eigenvalue weighted by Crippen LogP contribution is -2.35. The fourth-order valence-electron chi connectivity index (χ4n) is 1.51. The molecule has 0 aromatic carbocycles. The normalized spacial score (nSPS) is 12.1. The number of nitrogens with zero attached hydrogens (tertiary/aromatic N) is 2. The second kappa shape index (κ2) is 6.03. The molecule has 1 aromatic rings. The lowest BCUT2D eigenvalue weighted by atomic mass is 10.2. The number of nitrogens with one attached hydrogen (secondary N) is 1. The van der Waals surface area contributed by atoms with Crippen LogP contribution >= 0.6 is 0 Å². The van der Waals surface area contributed by atoms with Crippen LogP contribution in [0.15, 0.2) is 17.1 Å². The number of carbonyl (C=O) groups excluding carboxylic acids is 1. The maximum atomic E-state index is 11.8. The Labute approximate surface area is 99.8 Å². The van der Waals surface area contributed by atoms with Gasteiger partial charge in [0.25, 0.3) is 5.56 Å². The van der Waals surface area contributed by atoms with Gasteiger partial charge in [0.05, 0.1) is 11.9 Å². The van der Waals surface area contributed by atoms with E-state index in [0.29, 0.717) is 12.1 Å². The molecule has 1 amide bonds. The Morgan fingerprint density at radius 2 is 2.29 bits per heavy atom. The Morgan fingerprint density at radius 1 is 1.59 bits per heavy atom. The molecule has 3 N–H and O–H groups in total. The van der Waals surface area contributed by atoms with Gasteiger partial charge in [-0.25, -0.2) is 4.68 Å². The molecule has 1 unspecified atom stereocenters. The van der Waals surface area contributed by atoms with E-state index >= 15 is 0 Å². The maximum absolute atomic E-state index is 11.8. The Bertz CT molecular complexity index is 441. The summed E-state index contributed by atoms with van der Waals surface area (Å²) in [7, 11) is 0. The molecule has 17 heavy (non-hydrogen) atoms. The van der Waals surface area contributed by atoms with E-state index in [1.807, 2.05) is 6.92 Å². The van der Waals surface area contributed by atoms with E-state index in [1.165, 1.54) is 12.3 Å². The molecule has 0 radical (unpaired) electrons. The van der Waals surface area contributed by atoms with Crippen LogP contribution in [-0.2, 0) is 4.79 Å². The van der Waals surface area contributed by atoms with Gasteiger partial charge in [-0.15, -0.1) is 0 Å². The largest absolute Gasteiger partial charge is 0.384 e. The van der Waals surface area contributed by atoms with Crippen LogP contribution in [0.1, 0.15) is 32.7 Å². The quantitative estimate of drug-likeness (QED) is 0.755. The van der Waals surface area contributed by atoms with E-state index in [-0.39, 0.29) is 5.56 Å². The summed E-state index contributed by atoms with van der Waals surface area (Å²) in [6, 6.07) is 0.747. The number of anilines is 1. The summed E-state index contributed by atoms with van der Waals surface area (Å²) in [5.41, 5.74) is 5.55. The van der Waals surface area contributed by atoms with Crippen molar-refractivity contribution < 1.29 is 4.79 Å². The fraction of sp³-hybridized carbons (Fsp3) is 0.545. The minimum atomic E-state index is -0.678. The first-order chi connectivity index (χ1) is 8.10. The molecule has 1 atom stereocenters. The number of aromatic nitrogens is 2. The molecule has 0 bridgehead atoms. The molecular formula is C11H18N4O2. The van der Waals surface area contributed by atoms with Crippen LogP contribution in [0.3, 0.4) is 0 Å². The zero-order chi connectivity index (χ0) is 12.8. The zero-order valence-corrected chi connectivity index (χ0v) is 10.1. The summed E-state index contributed by atoms with van der Waals surface area (Å²) in [4.78, 5) is 22.9. The average Bonchev–Trinajstić information content (AvgIpc) is 2.29. The molecule has 0 fully saturated rings. The van der Waals surface area contributed by atoms with Crippen LogP contribution < -0.4 is 16.6 Å². The van der Waals surface area contributed by atoms with E-state index in [9.17, 15) is 9.59 Å². The van der Waals surface area contributed by atoms with Crippen LogP contribution in [0.5, 0.6) is 0 Å². The number of hydrogen-bond donors (Lipinski definition) is 2. The van der Waals surface area contributed by atoms with Gasteiger partial charge in [0.2, 0.25) is 5.91 Å². The molecule has 1 aromatic heterocycles. The van der Waals surface area contributed by atoms with Crippen LogP contribution in [0.25, 0.3) is 0 Å². The first kappa shape index (κ1) is 13.2. The lowest BCUT2D eigenvalue weighted by Gasteiger charge is -2.13. The van der Waals surface area contributed by atoms with Crippen molar-refractivity contribution in [3.05, 3.63) is 22.6 Å². The van der Waals surface area contributed by atoms with Gasteiger partial charge in [-0.2, -0.15) is 5.10 Å². The Balaban J connectivity index is 2.96. The van der Waals surface area contributed by atoms with E-state index in [0.717, 1.165) is 17.6 Å². The molecule has 0 spiro atoms. The van der Waals surface area contributed by atoms with Crippen molar-refractivity contribution >= 4 is 11.6 Å². The molecule has 0 saturated carbocycles. The number of carbonyl (C=O) groups is 1. The van der Waals surface area contributed by atoms with Gasteiger partial charge in [-0.3, -0.25) is 9.59 Å². The number of nitrogens with two attached hydrogens (primary N) is 1. The second-order valence-electron chi connectivity index (χ2n) is 3.78. The van der Waals surface area contributed by atoms with Crippen LogP contribution in [0.4, 0.5) is 5.69 Å². The topological polar surface area (TPSA) is 90.0 Å². The third-order valence-electron chi connectivity index (χ3n) is 2.42. The summed E-state index contributed by atoms with van der Waals surface area (Å²) in [5, 5.41) is 7.02. The third kappa shape index (κ3) is 3.30. The van der Waals surface area contributed by atoms with Gasteiger partial charge in [-0.05, 0) is 12.8 Å². The molecule has 0 aliphatic heterocycles. The van der Waals surface area contributed by atoms with Crippen LogP contribution in [-0.4, -0.2) is 22.2 Å². The highest BCUT2D eigenvalue weighted by molar-refractivity contribution is 5.78. The van der Waals surface area contributed by atoms with Gasteiger partial charge in [-0.1, -0.05) is 13.8 Å². The molecular weight excluding hydrogens is 220 g/mol. The first-order valence-electron chi connectivity index (χ1n) is 5.72. The summed E-state index contributed by atoms with van der Waals surface area (Å²) in [5.74, 6) is -0.545. The predicted octanol–water partition coefficient (Wildman–Crippen LogP) is 0.502. The number of hydrogen-bond acceptors (Lipinski definition) is 4. The SMILES string of the molecule is CCCNc1cnn(C(CC)C(N)=O)c(=O)c1. The fourth-order valence-corrected chi connectivity index (χ4v) is 1.51. The van der Waals surface area contributed by atoms with Crippen molar-refractivity contribution in [3.8, 4) is 0 Å². The number of amides is 1. The summed E-state index contributed by atoms with van der Waals surface area (Å²) < 4.78 is 1.12. The molecule has 0 aliphatic rings. The molecule has 0 aliphatic carbocycles. The minimum Gasteiger partial charge on any atom is -0.384 e. The van der Waals surface area contributed by atoms with E-state index in [4.69, 9.17) is 5.73 Å². The van der Waals surface area contributed by atoms with Crippen LogP contribution in [0.2, 0.25) is 0 Å². The van der Waals surface area contributed by atoms with E-state index in [2.05, 4.69) is 10.4 Å². The minimum absolute atomic E-state index is 0.322. The number of primary amides is 1. The molecule has 6 heteroatoms. The molecule has 94 valence electrons. The van der Waals surface area contributed by atoms with Crippen molar-refractivity contribution in [3.63, 3.8) is 0 Å². The van der Waals surface area contributed by atoms with Crippen molar-refractivity contribution in [2.24, 2.45) is 5.73 Å². The molecule has 1 rings (SSSR count). The summed E-state index contributed by atoms with van der Waals surface area (Å²) in [6.45, 7) is 4.59. The third-order valence-corrected chi connectivity index (χ3v) is 2.42. The highest BCUT2D eigenvalue weighted by Gasteiger charge is 2.17. The molecule has 0 saturated heterocycles. The molecule has 6 nitrogen and oxygen atoms in total. The summed E-state index contributed by atoms with van der Waals surface area (Å²) in [6.07, 6.45) is 2.94. The van der Waals surface area contributed by atoms with Crippen molar-refractivity contribution in [2.45, 2.75) is 32.7 Å². The van der Waals surface area contributed by atoms with Gasteiger partial charge < -0.3 is 11.1 Å². The van der Waals surface area contributed by atoms with Gasteiger partial charge >= 0.3 is 0 Å². The van der Waals surface area contributed by atoms with Crippen molar-refractivity contribution in [2.75, 3.05) is 11.9 Å².